The van der Waals surface area contributed by atoms with Crippen LogP contribution in [0.2, 0.25) is 0 Å². The summed E-state index contributed by atoms with van der Waals surface area (Å²) in [5, 5.41) is 5.60. The lowest BCUT2D eigenvalue weighted by atomic mass is 10.0. The van der Waals surface area contributed by atoms with Gasteiger partial charge in [-0.2, -0.15) is 0 Å². The van der Waals surface area contributed by atoms with Gasteiger partial charge in [-0.25, -0.2) is 4.79 Å². The first-order valence-corrected chi connectivity index (χ1v) is 10.3. The van der Waals surface area contributed by atoms with E-state index in [0.29, 0.717) is 22.8 Å². The molecule has 1 unspecified atom stereocenters. The van der Waals surface area contributed by atoms with Crippen molar-refractivity contribution in [1.82, 2.24) is 10.6 Å². The van der Waals surface area contributed by atoms with E-state index >= 15 is 0 Å². The summed E-state index contributed by atoms with van der Waals surface area (Å²) in [6, 6.07) is 8.98. The molecule has 0 aromatic heterocycles. The molecule has 9 nitrogen and oxygen atoms in total. The summed E-state index contributed by atoms with van der Waals surface area (Å²) in [4.78, 5) is 37.3. The number of amides is 2. The van der Waals surface area contributed by atoms with Crippen LogP contribution in [0.5, 0.6) is 17.2 Å². The van der Waals surface area contributed by atoms with Crippen LogP contribution in [0.25, 0.3) is 0 Å². The van der Waals surface area contributed by atoms with Crippen molar-refractivity contribution in [3.05, 3.63) is 53.1 Å². The first-order valence-electron chi connectivity index (χ1n) is 10.3. The Morgan fingerprint density at radius 3 is 1.88 bits per heavy atom. The van der Waals surface area contributed by atoms with Crippen molar-refractivity contribution in [2.75, 3.05) is 28.4 Å². The number of esters is 1. The Labute approximate surface area is 193 Å². The zero-order valence-electron chi connectivity index (χ0n) is 19.7. The Kier molecular flexibility index (Phi) is 9.08. The predicted molar refractivity (Wildman–Crippen MR) is 122 cm³/mol. The van der Waals surface area contributed by atoms with E-state index in [1.54, 1.807) is 24.3 Å². The Morgan fingerprint density at radius 1 is 0.848 bits per heavy atom. The lowest BCUT2D eigenvalue weighted by Gasteiger charge is -2.22. The smallest absolute Gasteiger partial charge is 0.337 e. The van der Waals surface area contributed by atoms with Crippen molar-refractivity contribution in [3.63, 3.8) is 0 Å². The molecule has 2 aromatic carbocycles. The molecule has 0 spiro atoms. The average Bonchev–Trinajstić information content (AvgIpc) is 2.84. The lowest BCUT2D eigenvalue weighted by Crippen LogP contribution is -2.49. The number of methoxy groups -OCH3 is 4. The van der Waals surface area contributed by atoms with Crippen LogP contribution in [0.4, 0.5) is 0 Å². The summed E-state index contributed by atoms with van der Waals surface area (Å²) in [5.74, 6) is -0.343. The molecule has 0 bridgehead atoms. The molecule has 0 aliphatic rings. The van der Waals surface area contributed by atoms with Crippen LogP contribution in [0, 0.1) is 5.92 Å². The second-order valence-electron chi connectivity index (χ2n) is 7.52. The van der Waals surface area contributed by atoms with E-state index in [-0.39, 0.29) is 23.9 Å². The number of carbonyl (C=O) groups is 3. The number of hydrogen-bond donors (Lipinski definition) is 2. The number of benzene rings is 2. The van der Waals surface area contributed by atoms with Crippen LogP contribution in [0.3, 0.4) is 0 Å². The molecule has 0 aliphatic heterocycles. The summed E-state index contributed by atoms with van der Waals surface area (Å²) in [6.45, 7) is 3.92. The van der Waals surface area contributed by atoms with E-state index in [0.717, 1.165) is 5.56 Å². The Balaban J connectivity index is 2.11. The van der Waals surface area contributed by atoms with Crippen molar-refractivity contribution in [2.24, 2.45) is 5.92 Å². The fraction of sp³-hybridized carbons (Fsp3) is 0.375. The summed E-state index contributed by atoms with van der Waals surface area (Å²) in [5.41, 5.74) is 1.49. The van der Waals surface area contributed by atoms with Crippen molar-refractivity contribution >= 4 is 17.8 Å². The van der Waals surface area contributed by atoms with E-state index in [1.807, 2.05) is 13.8 Å². The number of nitrogens with one attached hydrogen (secondary N) is 2. The highest BCUT2D eigenvalue weighted by Crippen LogP contribution is 2.38. The van der Waals surface area contributed by atoms with Gasteiger partial charge >= 0.3 is 5.97 Å². The summed E-state index contributed by atoms with van der Waals surface area (Å²) >= 11 is 0. The van der Waals surface area contributed by atoms with E-state index in [1.165, 1.54) is 40.6 Å². The average molecular weight is 459 g/mol. The minimum atomic E-state index is -0.772. The molecule has 0 aliphatic carbocycles. The third-order valence-electron chi connectivity index (χ3n) is 5.00. The summed E-state index contributed by atoms with van der Waals surface area (Å²) < 4.78 is 20.5. The second-order valence-corrected chi connectivity index (χ2v) is 7.52. The first-order chi connectivity index (χ1) is 15.7. The number of rotatable bonds is 10. The molecule has 0 saturated heterocycles. The van der Waals surface area contributed by atoms with Crippen molar-refractivity contribution in [1.29, 1.82) is 0 Å². The van der Waals surface area contributed by atoms with Gasteiger partial charge < -0.3 is 29.6 Å². The molecule has 2 aromatic rings. The van der Waals surface area contributed by atoms with Gasteiger partial charge in [0.1, 0.15) is 6.04 Å². The van der Waals surface area contributed by atoms with Crippen LogP contribution in [-0.2, 0) is 16.1 Å². The molecule has 33 heavy (non-hydrogen) atoms. The lowest BCUT2D eigenvalue weighted by molar-refractivity contribution is -0.124. The standard InChI is InChI=1S/C24H30N2O7/c1-14(2)20(23(28)25-13-15-7-9-16(10-8-15)24(29)33-6)26-22(27)17-11-18(30-3)21(32-5)19(12-17)31-4/h7-12,14,20H,13H2,1-6H3,(H,25,28)(H,26,27). The quantitative estimate of drug-likeness (QED) is 0.526. The van der Waals surface area contributed by atoms with E-state index < -0.39 is 17.9 Å². The minimum absolute atomic E-state index is 0.169. The molecule has 2 rings (SSSR count). The van der Waals surface area contributed by atoms with E-state index in [9.17, 15) is 14.4 Å². The molecule has 0 saturated carbocycles. The second kappa shape index (κ2) is 11.8. The highest BCUT2D eigenvalue weighted by atomic mass is 16.5. The zero-order chi connectivity index (χ0) is 24.5. The van der Waals surface area contributed by atoms with Gasteiger partial charge in [0.05, 0.1) is 34.0 Å². The molecule has 0 heterocycles. The zero-order valence-corrected chi connectivity index (χ0v) is 19.7. The maximum Gasteiger partial charge on any atom is 0.337 e. The third kappa shape index (κ3) is 6.38. The van der Waals surface area contributed by atoms with Gasteiger partial charge in [-0.3, -0.25) is 9.59 Å². The van der Waals surface area contributed by atoms with Crippen molar-refractivity contribution in [3.8, 4) is 17.2 Å². The van der Waals surface area contributed by atoms with Crippen LogP contribution in [-0.4, -0.2) is 52.3 Å². The third-order valence-corrected chi connectivity index (χ3v) is 5.00. The molecule has 1 atom stereocenters. The Bertz CT molecular complexity index is 962. The summed E-state index contributed by atoms with van der Waals surface area (Å²) in [7, 11) is 5.71. The molecule has 9 heteroatoms. The molecular formula is C24H30N2O7. The van der Waals surface area contributed by atoms with Gasteiger partial charge in [0.25, 0.3) is 5.91 Å². The highest BCUT2D eigenvalue weighted by Gasteiger charge is 2.26. The SMILES string of the molecule is COC(=O)c1ccc(CNC(=O)C(NC(=O)c2cc(OC)c(OC)c(OC)c2)C(C)C)cc1. The molecule has 178 valence electrons. The van der Waals surface area contributed by atoms with Crippen LogP contribution < -0.4 is 24.8 Å². The molecule has 2 N–H and O–H groups in total. The van der Waals surface area contributed by atoms with E-state index in [4.69, 9.17) is 14.2 Å². The molecule has 2 amide bonds. The highest BCUT2D eigenvalue weighted by molar-refractivity contribution is 5.98. The van der Waals surface area contributed by atoms with Gasteiger partial charge in [-0.15, -0.1) is 0 Å². The number of hydrogen-bond acceptors (Lipinski definition) is 7. The van der Waals surface area contributed by atoms with Gasteiger partial charge in [0, 0.05) is 12.1 Å². The maximum atomic E-state index is 12.9. The van der Waals surface area contributed by atoms with Crippen molar-refractivity contribution in [2.45, 2.75) is 26.4 Å². The Hall–Kier alpha value is -3.75. The number of ether oxygens (including phenoxy) is 4. The molecular weight excluding hydrogens is 428 g/mol. The minimum Gasteiger partial charge on any atom is -0.493 e. The normalized spacial score (nSPS) is 11.4. The Morgan fingerprint density at radius 2 is 1.42 bits per heavy atom. The molecule has 0 radical (unpaired) electrons. The maximum absolute atomic E-state index is 12.9. The first kappa shape index (κ1) is 25.5. The van der Waals surface area contributed by atoms with Crippen LogP contribution >= 0.6 is 0 Å². The number of carbonyl (C=O) groups excluding carboxylic acids is 3. The largest absolute Gasteiger partial charge is 0.493 e. The van der Waals surface area contributed by atoms with E-state index in [2.05, 4.69) is 15.4 Å². The van der Waals surface area contributed by atoms with Gasteiger partial charge in [-0.1, -0.05) is 26.0 Å². The van der Waals surface area contributed by atoms with Gasteiger partial charge in [-0.05, 0) is 35.7 Å². The summed E-state index contributed by atoms with van der Waals surface area (Å²) in [6.07, 6.45) is 0. The monoisotopic (exact) mass is 458 g/mol. The molecule has 0 fully saturated rings. The fourth-order valence-corrected chi connectivity index (χ4v) is 3.15. The van der Waals surface area contributed by atoms with Crippen LogP contribution in [0.1, 0.15) is 40.1 Å². The predicted octanol–water partition coefficient (Wildman–Crippen LogP) is 2.57. The fourth-order valence-electron chi connectivity index (χ4n) is 3.15. The van der Waals surface area contributed by atoms with Crippen LogP contribution in [0.15, 0.2) is 36.4 Å². The van der Waals surface area contributed by atoms with Gasteiger partial charge in [0.2, 0.25) is 11.7 Å². The van der Waals surface area contributed by atoms with Crippen molar-refractivity contribution < 1.29 is 33.3 Å². The van der Waals surface area contributed by atoms with Gasteiger partial charge in [0.15, 0.2) is 11.5 Å². The topological polar surface area (TPSA) is 112 Å².